The second-order valence-electron chi connectivity index (χ2n) is 7.03. The minimum atomic E-state index is -0.486. The number of aliphatic hydroxyl groups excluding tert-OH is 3. The highest BCUT2D eigenvalue weighted by molar-refractivity contribution is 6.31. The third kappa shape index (κ3) is 6.20. The molecular formula is C23H25ClO5. The largest absolute Gasteiger partial charge is 0.481 e. The van der Waals surface area contributed by atoms with Crippen LogP contribution in [0.5, 0.6) is 5.75 Å². The molecule has 0 spiro atoms. The lowest BCUT2D eigenvalue weighted by Gasteiger charge is -2.32. The van der Waals surface area contributed by atoms with Crippen LogP contribution in [0.1, 0.15) is 35.6 Å². The Balaban J connectivity index is 1.68. The Hall–Kier alpha value is -2.07. The fourth-order valence-corrected chi connectivity index (χ4v) is 3.59. The summed E-state index contributed by atoms with van der Waals surface area (Å²) in [5.41, 5.74) is 3.00. The highest BCUT2D eigenvalue weighted by Gasteiger charge is 2.29. The third-order valence-corrected chi connectivity index (χ3v) is 5.22. The van der Waals surface area contributed by atoms with Crippen molar-refractivity contribution in [2.24, 2.45) is 0 Å². The first-order valence-corrected chi connectivity index (χ1v) is 9.98. The van der Waals surface area contributed by atoms with Crippen molar-refractivity contribution in [2.45, 2.75) is 37.6 Å². The first kappa shape index (κ1) is 21.6. The highest BCUT2D eigenvalue weighted by Crippen LogP contribution is 2.33. The maximum atomic E-state index is 10.1. The third-order valence-electron chi connectivity index (χ3n) is 4.86. The molecule has 0 bridgehead atoms. The van der Waals surface area contributed by atoms with Crippen molar-refractivity contribution in [3.63, 3.8) is 0 Å². The summed E-state index contributed by atoms with van der Waals surface area (Å²) in [6.07, 6.45) is 0.506. The molecule has 2 aromatic rings. The van der Waals surface area contributed by atoms with Gasteiger partial charge in [0.2, 0.25) is 0 Å². The molecule has 3 N–H and O–H groups in total. The van der Waals surface area contributed by atoms with E-state index in [0.717, 1.165) is 16.7 Å². The predicted molar refractivity (Wildman–Crippen MR) is 111 cm³/mol. The zero-order valence-corrected chi connectivity index (χ0v) is 16.8. The molecule has 5 nitrogen and oxygen atoms in total. The Morgan fingerprint density at radius 3 is 2.59 bits per heavy atom. The van der Waals surface area contributed by atoms with Gasteiger partial charge in [-0.1, -0.05) is 47.7 Å². The lowest BCUT2D eigenvalue weighted by atomic mass is 9.94. The predicted octanol–water partition coefficient (Wildman–Crippen LogP) is 2.88. The van der Waals surface area contributed by atoms with Crippen LogP contribution in [-0.2, 0) is 11.2 Å². The van der Waals surface area contributed by atoms with Crippen LogP contribution in [0.2, 0.25) is 5.02 Å². The van der Waals surface area contributed by atoms with Gasteiger partial charge in [0, 0.05) is 17.9 Å². The summed E-state index contributed by atoms with van der Waals surface area (Å²) in [6, 6.07) is 13.5. The molecule has 0 aliphatic carbocycles. The molecule has 0 saturated carbocycles. The van der Waals surface area contributed by atoms with Crippen molar-refractivity contribution in [3.8, 4) is 17.6 Å². The number of benzene rings is 2. The zero-order chi connectivity index (χ0) is 20.6. The van der Waals surface area contributed by atoms with Gasteiger partial charge in [-0.05, 0) is 41.3 Å². The molecule has 29 heavy (non-hydrogen) atoms. The normalized spacial score (nSPS) is 21.3. The maximum absolute atomic E-state index is 10.1. The summed E-state index contributed by atoms with van der Waals surface area (Å²) in [4.78, 5) is 0. The van der Waals surface area contributed by atoms with E-state index in [-0.39, 0.29) is 32.0 Å². The summed E-state index contributed by atoms with van der Waals surface area (Å²) in [6.45, 7) is -0.0441. The Labute approximate surface area is 175 Å². The molecule has 0 amide bonds. The van der Waals surface area contributed by atoms with Gasteiger partial charge in [0.05, 0.1) is 24.9 Å². The van der Waals surface area contributed by atoms with Crippen LogP contribution in [0.15, 0.2) is 42.5 Å². The monoisotopic (exact) mass is 416 g/mol. The number of rotatable bonds is 6. The van der Waals surface area contributed by atoms with Gasteiger partial charge < -0.3 is 24.8 Å². The van der Waals surface area contributed by atoms with E-state index in [4.69, 9.17) is 26.2 Å². The van der Waals surface area contributed by atoms with Crippen LogP contribution in [0, 0.1) is 11.8 Å². The highest BCUT2D eigenvalue weighted by atomic mass is 35.5. The van der Waals surface area contributed by atoms with E-state index in [1.165, 1.54) is 0 Å². The minimum absolute atomic E-state index is 0.103. The summed E-state index contributed by atoms with van der Waals surface area (Å²) in [5, 5.41) is 28.8. The number of hydrogen-bond donors (Lipinski definition) is 3. The standard InChI is InChI=1S/C23H25ClO5/c24-22-8-5-17(23-14-19(27)13-21(15-26)29-23)12-18(22)11-16-3-6-20(7-4-16)28-10-2-1-9-25/h3-8,12,19,21,23,25-27H,9-11,13-15H2/t19?,21?,23-/m0/s1. The Morgan fingerprint density at radius 1 is 1.07 bits per heavy atom. The first-order valence-electron chi connectivity index (χ1n) is 9.60. The van der Waals surface area contributed by atoms with Crippen molar-refractivity contribution in [2.75, 3.05) is 19.8 Å². The molecule has 1 fully saturated rings. The fourth-order valence-electron chi connectivity index (χ4n) is 3.40. The quantitative estimate of drug-likeness (QED) is 0.631. The Kier molecular flexibility index (Phi) is 7.93. The SMILES string of the molecule is OCC#CCOc1ccc(Cc2cc([C@@H]3CC(O)CC(CO)O3)ccc2Cl)cc1. The molecule has 154 valence electrons. The van der Waals surface area contributed by atoms with Gasteiger partial charge in [-0.15, -0.1) is 0 Å². The molecule has 1 aliphatic rings. The van der Waals surface area contributed by atoms with Crippen molar-refractivity contribution in [3.05, 3.63) is 64.2 Å². The van der Waals surface area contributed by atoms with Gasteiger partial charge in [-0.2, -0.15) is 0 Å². The van der Waals surface area contributed by atoms with E-state index in [0.29, 0.717) is 30.0 Å². The van der Waals surface area contributed by atoms with Gasteiger partial charge in [0.25, 0.3) is 0 Å². The van der Waals surface area contributed by atoms with E-state index in [2.05, 4.69) is 11.8 Å². The lowest BCUT2D eigenvalue weighted by Crippen LogP contribution is -2.33. The van der Waals surface area contributed by atoms with Gasteiger partial charge >= 0.3 is 0 Å². The van der Waals surface area contributed by atoms with Crippen LogP contribution in [0.3, 0.4) is 0 Å². The molecule has 3 rings (SSSR count). The molecular weight excluding hydrogens is 392 g/mol. The van der Waals surface area contributed by atoms with Crippen LogP contribution in [-0.4, -0.2) is 47.3 Å². The Morgan fingerprint density at radius 2 is 1.86 bits per heavy atom. The van der Waals surface area contributed by atoms with E-state index in [1.807, 2.05) is 42.5 Å². The first-order chi connectivity index (χ1) is 14.1. The lowest BCUT2D eigenvalue weighted by molar-refractivity contribution is -0.113. The second kappa shape index (κ2) is 10.6. The molecule has 1 heterocycles. The van der Waals surface area contributed by atoms with Crippen LogP contribution < -0.4 is 4.74 Å². The molecule has 1 aliphatic heterocycles. The summed E-state index contributed by atoms with van der Waals surface area (Å²) >= 11 is 6.41. The van der Waals surface area contributed by atoms with Crippen LogP contribution in [0.4, 0.5) is 0 Å². The average Bonchev–Trinajstić information content (AvgIpc) is 2.73. The van der Waals surface area contributed by atoms with Gasteiger partial charge in [0.1, 0.15) is 19.0 Å². The maximum Gasteiger partial charge on any atom is 0.149 e. The topological polar surface area (TPSA) is 79.2 Å². The summed E-state index contributed by atoms with van der Waals surface area (Å²) in [7, 11) is 0. The number of halogens is 1. The summed E-state index contributed by atoms with van der Waals surface area (Å²) in [5.74, 6) is 5.95. The molecule has 3 atom stereocenters. The Bertz CT molecular complexity index is 856. The van der Waals surface area contributed by atoms with Crippen molar-refractivity contribution in [1.82, 2.24) is 0 Å². The van der Waals surface area contributed by atoms with Crippen molar-refractivity contribution in [1.29, 1.82) is 0 Å². The van der Waals surface area contributed by atoms with Crippen LogP contribution in [0.25, 0.3) is 0 Å². The van der Waals surface area contributed by atoms with Crippen molar-refractivity contribution >= 4 is 11.6 Å². The van der Waals surface area contributed by atoms with Gasteiger partial charge in [0.15, 0.2) is 0 Å². The van der Waals surface area contributed by atoms with E-state index in [1.54, 1.807) is 0 Å². The van der Waals surface area contributed by atoms with Crippen molar-refractivity contribution < 1.29 is 24.8 Å². The average molecular weight is 417 g/mol. The van der Waals surface area contributed by atoms with Gasteiger partial charge in [-0.3, -0.25) is 0 Å². The molecule has 0 radical (unpaired) electrons. The van der Waals surface area contributed by atoms with E-state index in [9.17, 15) is 10.2 Å². The van der Waals surface area contributed by atoms with Crippen LogP contribution >= 0.6 is 11.6 Å². The number of hydrogen-bond acceptors (Lipinski definition) is 5. The minimum Gasteiger partial charge on any atom is -0.481 e. The number of aliphatic hydroxyl groups is 3. The molecule has 2 aromatic carbocycles. The molecule has 6 heteroatoms. The molecule has 0 aromatic heterocycles. The summed E-state index contributed by atoms with van der Waals surface area (Å²) < 4.78 is 11.4. The van der Waals surface area contributed by atoms with Gasteiger partial charge in [-0.25, -0.2) is 0 Å². The second-order valence-corrected chi connectivity index (χ2v) is 7.43. The smallest absolute Gasteiger partial charge is 0.149 e. The number of ether oxygens (including phenoxy) is 2. The zero-order valence-electron chi connectivity index (χ0n) is 16.1. The molecule has 1 saturated heterocycles. The molecule has 2 unspecified atom stereocenters. The van der Waals surface area contributed by atoms with E-state index >= 15 is 0 Å². The fraction of sp³-hybridized carbons (Fsp3) is 0.391. The van der Waals surface area contributed by atoms with E-state index < -0.39 is 6.10 Å².